The molecule has 0 saturated heterocycles. The summed E-state index contributed by atoms with van der Waals surface area (Å²) in [5.74, 6) is 0.623. The molecule has 2 aromatic carbocycles. The van der Waals surface area contributed by atoms with Crippen LogP contribution < -0.4 is 15.6 Å². The summed E-state index contributed by atoms with van der Waals surface area (Å²) >= 11 is 5.31. The van der Waals surface area contributed by atoms with Gasteiger partial charge in [-0.15, -0.1) is 0 Å². The Balaban J connectivity index is 1.39. The van der Waals surface area contributed by atoms with Crippen molar-refractivity contribution in [3.05, 3.63) is 65.1 Å². The predicted octanol–water partition coefficient (Wildman–Crippen LogP) is 2.96. The number of H-pyrrole nitrogens is 1. The number of carbonyl (C=O) groups excluding carboxylic acids is 2. The first-order valence-corrected chi connectivity index (χ1v) is 10.3. The van der Waals surface area contributed by atoms with Crippen molar-refractivity contribution in [2.45, 2.75) is 13.0 Å². The number of hydrogen-bond donors (Lipinski definition) is 3. The Hall–Kier alpha value is -3.92. The van der Waals surface area contributed by atoms with Gasteiger partial charge in [0.25, 0.3) is 5.91 Å². The first-order chi connectivity index (χ1) is 15.5. The topological polar surface area (TPSA) is 106 Å². The highest BCUT2D eigenvalue weighted by Gasteiger charge is 2.15. The van der Waals surface area contributed by atoms with E-state index in [1.165, 1.54) is 0 Å². The highest BCUT2D eigenvalue weighted by Crippen LogP contribution is 2.21. The third-order valence-electron chi connectivity index (χ3n) is 5.13. The Bertz CT molecular complexity index is 1340. The summed E-state index contributed by atoms with van der Waals surface area (Å²) in [6.07, 6.45) is 1.84. The third-order valence-corrected chi connectivity index (χ3v) is 5.44. The van der Waals surface area contributed by atoms with Crippen molar-refractivity contribution >= 4 is 34.9 Å². The van der Waals surface area contributed by atoms with E-state index in [1.807, 2.05) is 60.1 Å². The number of ether oxygens (including phenoxy) is 1. The van der Waals surface area contributed by atoms with Gasteiger partial charge in [0.05, 0.1) is 12.7 Å². The maximum atomic E-state index is 12.6. The van der Waals surface area contributed by atoms with Gasteiger partial charge in [-0.3, -0.25) is 30.1 Å². The molecule has 9 nitrogen and oxygen atoms in total. The van der Waals surface area contributed by atoms with E-state index in [0.717, 1.165) is 22.2 Å². The van der Waals surface area contributed by atoms with Gasteiger partial charge in [0, 0.05) is 42.7 Å². The number of benzene rings is 2. The fraction of sp³-hybridized carbons (Fsp3) is 0.182. The van der Waals surface area contributed by atoms with Gasteiger partial charge in [-0.05, 0) is 42.5 Å². The van der Waals surface area contributed by atoms with E-state index in [2.05, 4.69) is 21.0 Å². The molecule has 0 unspecified atom stereocenters. The molecule has 0 saturated carbocycles. The number of hydrogen-bond acceptors (Lipinski definition) is 5. The number of methoxy groups -OCH3 is 1. The third kappa shape index (κ3) is 4.26. The van der Waals surface area contributed by atoms with Gasteiger partial charge < -0.3 is 9.30 Å². The summed E-state index contributed by atoms with van der Waals surface area (Å²) in [6, 6.07) is 15.0. The average molecular weight is 451 g/mol. The van der Waals surface area contributed by atoms with Gasteiger partial charge >= 0.3 is 0 Å². The van der Waals surface area contributed by atoms with Gasteiger partial charge in [-0.25, -0.2) is 0 Å². The zero-order valence-electron chi connectivity index (χ0n) is 17.6. The summed E-state index contributed by atoms with van der Waals surface area (Å²) in [6.45, 7) is 0.298. The maximum Gasteiger partial charge on any atom is 0.271 e. The molecule has 2 amide bonds. The minimum absolute atomic E-state index is 0.104. The second kappa shape index (κ2) is 9.06. The van der Waals surface area contributed by atoms with Crippen LogP contribution in [-0.2, 0) is 18.4 Å². The van der Waals surface area contributed by atoms with Gasteiger partial charge in [0.15, 0.2) is 10.6 Å². The Morgan fingerprint density at radius 1 is 1.12 bits per heavy atom. The molecule has 4 aromatic rings. The lowest BCUT2D eigenvalue weighted by molar-refractivity contribution is -0.122. The zero-order valence-corrected chi connectivity index (χ0v) is 18.4. The summed E-state index contributed by atoms with van der Waals surface area (Å²) in [5.41, 5.74) is 7.21. The van der Waals surface area contributed by atoms with E-state index < -0.39 is 0 Å². The standard InChI is InChI=1S/C22H22N6O3S/c1-27-13-17(16-5-3-4-6-18(16)27)21(30)25-23-19(29)11-12-28-20(24-26-22(28)32)14-7-9-15(31-2)10-8-14/h3-10,13H,11-12H2,1-2H3,(H,23,29)(H,25,30)(H,26,32). The Morgan fingerprint density at radius 3 is 2.62 bits per heavy atom. The van der Waals surface area contributed by atoms with Crippen LogP contribution in [0.2, 0.25) is 0 Å². The Labute approximate surface area is 189 Å². The molecule has 32 heavy (non-hydrogen) atoms. The number of para-hydroxylation sites is 1. The summed E-state index contributed by atoms with van der Waals surface area (Å²) in [5, 5.41) is 7.84. The molecule has 0 radical (unpaired) electrons. The first-order valence-electron chi connectivity index (χ1n) is 9.91. The number of aromatic amines is 1. The lowest BCUT2D eigenvalue weighted by atomic mass is 10.2. The molecule has 0 atom stereocenters. The molecule has 3 N–H and O–H groups in total. The van der Waals surface area contributed by atoms with Crippen molar-refractivity contribution in [1.82, 2.24) is 30.2 Å². The van der Waals surface area contributed by atoms with Crippen LogP contribution in [0.1, 0.15) is 16.8 Å². The van der Waals surface area contributed by atoms with E-state index in [-0.39, 0.29) is 18.2 Å². The molecule has 0 aliphatic carbocycles. The van der Waals surface area contributed by atoms with E-state index in [1.54, 1.807) is 17.9 Å². The number of nitrogens with one attached hydrogen (secondary N) is 3. The number of carbonyl (C=O) groups is 2. The maximum absolute atomic E-state index is 12.6. The molecule has 2 heterocycles. The fourth-order valence-electron chi connectivity index (χ4n) is 3.48. The van der Waals surface area contributed by atoms with Gasteiger partial charge in [-0.2, -0.15) is 5.10 Å². The van der Waals surface area contributed by atoms with Crippen LogP contribution in [0.15, 0.2) is 54.7 Å². The van der Waals surface area contributed by atoms with E-state index in [9.17, 15) is 9.59 Å². The molecule has 164 valence electrons. The van der Waals surface area contributed by atoms with Crippen LogP contribution in [-0.4, -0.2) is 38.3 Å². The summed E-state index contributed by atoms with van der Waals surface area (Å²) in [7, 11) is 3.47. The largest absolute Gasteiger partial charge is 0.497 e. The van der Waals surface area contributed by atoms with Crippen LogP contribution in [0, 0.1) is 4.77 Å². The van der Waals surface area contributed by atoms with Crippen molar-refractivity contribution in [3.63, 3.8) is 0 Å². The number of aryl methyl sites for hydroxylation is 1. The first kappa shape index (κ1) is 21.3. The van der Waals surface area contributed by atoms with Crippen molar-refractivity contribution < 1.29 is 14.3 Å². The highest BCUT2D eigenvalue weighted by molar-refractivity contribution is 7.71. The highest BCUT2D eigenvalue weighted by atomic mass is 32.1. The second-order valence-electron chi connectivity index (χ2n) is 7.16. The zero-order chi connectivity index (χ0) is 22.7. The van der Waals surface area contributed by atoms with E-state index in [0.29, 0.717) is 22.7 Å². The molecule has 0 aliphatic heterocycles. The summed E-state index contributed by atoms with van der Waals surface area (Å²) in [4.78, 5) is 24.9. The van der Waals surface area contributed by atoms with Crippen LogP contribution in [0.3, 0.4) is 0 Å². The van der Waals surface area contributed by atoms with Crippen LogP contribution in [0.4, 0.5) is 0 Å². The Kier molecular flexibility index (Phi) is 6.04. The minimum Gasteiger partial charge on any atom is -0.497 e. The average Bonchev–Trinajstić information content (AvgIpc) is 3.36. The Morgan fingerprint density at radius 2 is 1.88 bits per heavy atom. The molecular weight excluding hydrogens is 428 g/mol. The lowest BCUT2D eigenvalue weighted by Crippen LogP contribution is -2.41. The predicted molar refractivity (Wildman–Crippen MR) is 123 cm³/mol. The number of nitrogens with zero attached hydrogens (tertiary/aromatic N) is 3. The van der Waals surface area contributed by atoms with Gasteiger partial charge in [0.1, 0.15) is 5.75 Å². The lowest BCUT2D eigenvalue weighted by Gasteiger charge is -2.09. The molecule has 0 aliphatic rings. The normalized spacial score (nSPS) is 10.8. The number of hydrazine groups is 1. The fourth-order valence-corrected chi connectivity index (χ4v) is 3.70. The number of rotatable bonds is 6. The minimum atomic E-state index is -0.381. The monoisotopic (exact) mass is 450 g/mol. The number of aromatic nitrogens is 4. The van der Waals surface area contributed by atoms with E-state index >= 15 is 0 Å². The molecule has 10 heteroatoms. The quantitative estimate of drug-likeness (QED) is 0.309. The molecular formula is C22H22N6O3S. The molecule has 0 bridgehead atoms. The molecule has 0 spiro atoms. The van der Waals surface area contributed by atoms with Crippen LogP contribution >= 0.6 is 12.2 Å². The number of fused-ring (bicyclic) bond motifs is 1. The molecule has 4 rings (SSSR count). The van der Waals surface area contributed by atoms with Crippen LogP contribution in [0.5, 0.6) is 5.75 Å². The van der Waals surface area contributed by atoms with E-state index in [4.69, 9.17) is 17.0 Å². The summed E-state index contributed by atoms with van der Waals surface area (Å²) < 4.78 is 9.19. The van der Waals surface area contributed by atoms with Crippen molar-refractivity contribution in [2.75, 3.05) is 7.11 Å². The van der Waals surface area contributed by atoms with Crippen molar-refractivity contribution in [1.29, 1.82) is 0 Å². The SMILES string of the molecule is COc1ccc(-c2n[nH]c(=S)n2CCC(=O)NNC(=O)c2cn(C)c3ccccc23)cc1. The number of amides is 2. The second-order valence-corrected chi connectivity index (χ2v) is 7.54. The van der Waals surface area contributed by atoms with Gasteiger partial charge in [0.2, 0.25) is 5.91 Å². The molecule has 0 fully saturated rings. The van der Waals surface area contributed by atoms with Crippen LogP contribution in [0.25, 0.3) is 22.3 Å². The van der Waals surface area contributed by atoms with Crippen molar-refractivity contribution in [3.8, 4) is 17.1 Å². The molecule has 2 aromatic heterocycles. The smallest absolute Gasteiger partial charge is 0.271 e. The van der Waals surface area contributed by atoms with Crippen molar-refractivity contribution in [2.24, 2.45) is 7.05 Å². The van der Waals surface area contributed by atoms with Gasteiger partial charge in [-0.1, -0.05) is 18.2 Å².